The molecule has 2 saturated heterocycles. The van der Waals surface area contributed by atoms with E-state index in [1.54, 1.807) is 0 Å². The zero-order valence-electron chi connectivity index (χ0n) is 15.8. The minimum Gasteiger partial charge on any atom is -0.490 e. The van der Waals surface area contributed by atoms with Gasteiger partial charge in [-0.25, -0.2) is 0 Å². The number of nitrogens with zero attached hydrogens (tertiary/aromatic N) is 2. The van der Waals surface area contributed by atoms with E-state index in [-0.39, 0.29) is 0 Å². The molecule has 4 rings (SSSR count). The second-order valence-corrected chi connectivity index (χ2v) is 8.61. The van der Waals surface area contributed by atoms with Crippen LogP contribution in [0.5, 0.6) is 5.75 Å². The summed E-state index contributed by atoms with van der Waals surface area (Å²) in [6.07, 6.45) is 5.25. The van der Waals surface area contributed by atoms with Gasteiger partial charge >= 0.3 is 0 Å². The smallest absolute Gasteiger partial charge is 0.121 e. The molecule has 26 heavy (non-hydrogen) atoms. The predicted molar refractivity (Wildman–Crippen MR) is 105 cm³/mol. The highest BCUT2D eigenvalue weighted by atomic mass is 35.5. The van der Waals surface area contributed by atoms with E-state index < -0.39 is 0 Å². The number of benzene rings is 1. The first kappa shape index (κ1) is 18.5. The van der Waals surface area contributed by atoms with Crippen molar-refractivity contribution in [2.75, 3.05) is 39.4 Å². The van der Waals surface area contributed by atoms with Crippen molar-refractivity contribution in [3.8, 4) is 5.75 Å². The van der Waals surface area contributed by atoms with Crippen molar-refractivity contribution in [1.29, 1.82) is 0 Å². The third-order valence-corrected chi connectivity index (χ3v) is 6.56. The summed E-state index contributed by atoms with van der Waals surface area (Å²) in [6, 6.07) is 6.91. The monoisotopic (exact) mass is 378 g/mol. The molecule has 1 saturated carbocycles. The summed E-state index contributed by atoms with van der Waals surface area (Å²) in [4.78, 5) is 5.04. The zero-order chi connectivity index (χ0) is 17.9. The molecule has 5 heteroatoms. The second-order valence-electron chi connectivity index (χ2n) is 8.21. The first-order chi connectivity index (χ1) is 12.7. The van der Waals surface area contributed by atoms with E-state index >= 15 is 0 Å². The fraction of sp³-hybridized carbons (Fsp3) is 0.714. The topological polar surface area (TPSA) is 24.9 Å². The molecule has 2 heterocycles. The Labute approximate surface area is 162 Å². The molecule has 1 atom stereocenters. The van der Waals surface area contributed by atoms with E-state index in [0.29, 0.717) is 12.1 Å². The van der Waals surface area contributed by atoms with E-state index in [0.717, 1.165) is 62.4 Å². The Balaban J connectivity index is 1.23. The highest BCUT2D eigenvalue weighted by Crippen LogP contribution is 2.34. The van der Waals surface area contributed by atoms with Gasteiger partial charge in [-0.3, -0.25) is 9.80 Å². The average Bonchev–Trinajstić information content (AvgIpc) is 3.01. The van der Waals surface area contributed by atoms with Crippen LogP contribution in [0.15, 0.2) is 18.2 Å². The largest absolute Gasteiger partial charge is 0.490 e. The summed E-state index contributed by atoms with van der Waals surface area (Å²) in [5.41, 5.74) is 1.21. The third kappa shape index (κ3) is 4.53. The van der Waals surface area contributed by atoms with Crippen LogP contribution < -0.4 is 4.74 Å². The fourth-order valence-electron chi connectivity index (χ4n) is 4.44. The van der Waals surface area contributed by atoms with Gasteiger partial charge in [0.25, 0.3) is 0 Å². The number of halogens is 1. The van der Waals surface area contributed by atoms with Gasteiger partial charge in [-0.2, -0.15) is 0 Å². The molecule has 0 radical (unpaired) electrons. The molecule has 3 fully saturated rings. The lowest BCUT2D eigenvalue weighted by Gasteiger charge is -2.39. The standard InChI is InChI=1S/C21H31ClN2O2/c1-16-3-2-6-24(16)15-18-4-5-19(13-21(18)22)26-20-11-17(12-20)14-23-7-9-25-10-8-23/h4-5,13,16-17,20H,2-3,6-12,14-15H2,1H3. The summed E-state index contributed by atoms with van der Waals surface area (Å²) >= 11 is 6.53. The molecule has 144 valence electrons. The molecule has 1 aliphatic carbocycles. The van der Waals surface area contributed by atoms with Crippen LogP contribution in [0.25, 0.3) is 0 Å². The Bertz CT molecular complexity index is 600. The maximum absolute atomic E-state index is 6.53. The molecule has 1 aromatic rings. The first-order valence-corrected chi connectivity index (χ1v) is 10.5. The lowest BCUT2D eigenvalue weighted by atomic mass is 9.82. The number of rotatable bonds is 6. The Morgan fingerprint density at radius 3 is 2.69 bits per heavy atom. The van der Waals surface area contributed by atoms with Gasteiger partial charge in [0.05, 0.1) is 19.3 Å². The van der Waals surface area contributed by atoms with Crippen LogP contribution in [0.4, 0.5) is 0 Å². The van der Waals surface area contributed by atoms with Crippen LogP contribution in [0, 0.1) is 5.92 Å². The SMILES string of the molecule is CC1CCCN1Cc1ccc(OC2CC(CN3CCOCC3)C2)cc1Cl. The van der Waals surface area contributed by atoms with Crippen molar-refractivity contribution in [2.24, 2.45) is 5.92 Å². The van der Waals surface area contributed by atoms with Crippen LogP contribution in [-0.4, -0.2) is 61.3 Å². The van der Waals surface area contributed by atoms with Crippen LogP contribution in [0.1, 0.15) is 38.2 Å². The third-order valence-electron chi connectivity index (χ3n) is 6.20. The van der Waals surface area contributed by atoms with Gasteiger partial charge in [0, 0.05) is 37.2 Å². The predicted octanol–water partition coefficient (Wildman–Crippen LogP) is 3.81. The number of morpholine rings is 1. The highest BCUT2D eigenvalue weighted by Gasteiger charge is 2.32. The molecule has 0 spiro atoms. The number of likely N-dealkylation sites (tertiary alicyclic amines) is 1. The molecule has 0 bridgehead atoms. The first-order valence-electron chi connectivity index (χ1n) is 10.2. The van der Waals surface area contributed by atoms with Gasteiger partial charge in [-0.1, -0.05) is 17.7 Å². The quantitative estimate of drug-likeness (QED) is 0.751. The molecule has 4 nitrogen and oxygen atoms in total. The second kappa shape index (κ2) is 8.47. The molecule has 2 aliphatic heterocycles. The van der Waals surface area contributed by atoms with Crippen molar-refractivity contribution in [3.63, 3.8) is 0 Å². The van der Waals surface area contributed by atoms with Gasteiger partial charge in [-0.05, 0) is 62.8 Å². The van der Waals surface area contributed by atoms with E-state index in [1.807, 2.05) is 6.07 Å². The van der Waals surface area contributed by atoms with E-state index in [9.17, 15) is 0 Å². The van der Waals surface area contributed by atoms with E-state index in [2.05, 4.69) is 28.9 Å². The minimum atomic E-state index is 0.349. The molecule has 1 unspecified atom stereocenters. The van der Waals surface area contributed by atoms with Crippen molar-refractivity contribution >= 4 is 11.6 Å². The van der Waals surface area contributed by atoms with Crippen molar-refractivity contribution in [1.82, 2.24) is 9.80 Å². The fourth-order valence-corrected chi connectivity index (χ4v) is 4.67. The van der Waals surface area contributed by atoms with Crippen LogP contribution in [-0.2, 0) is 11.3 Å². The molecular weight excluding hydrogens is 348 g/mol. The maximum atomic E-state index is 6.53. The van der Waals surface area contributed by atoms with Gasteiger partial charge in [0.15, 0.2) is 0 Å². The molecule has 1 aromatic carbocycles. The highest BCUT2D eigenvalue weighted by molar-refractivity contribution is 6.31. The maximum Gasteiger partial charge on any atom is 0.121 e. The lowest BCUT2D eigenvalue weighted by molar-refractivity contribution is 0.000135. The summed E-state index contributed by atoms with van der Waals surface area (Å²) < 4.78 is 11.6. The summed E-state index contributed by atoms with van der Waals surface area (Å²) in [5.74, 6) is 1.69. The summed E-state index contributed by atoms with van der Waals surface area (Å²) in [5, 5.41) is 0.839. The Morgan fingerprint density at radius 2 is 2.00 bits per heavy atom. The summed E-state index contributed by atoms with van der Waals surface area (Å²) in [6.45, 7) is 9.55. The average molecular weight is 379 g/mol. The number of ether oxygens (including phenoxy) is 2. The molecule has 3 aliphatic rings. The Hall–Kier alpha value is -0.810. The molecule has 0 N–H and O–H groups in total. The van der Waals surface area contributed by atoms with Crippen LogP contribution >= 0.6 is 11.6 Å². The Morgan fingerprint density at radius 1 is 1.19 bits per heavy atom. The van der Waals surface area contributed by atoms with Crippen molar-refractivity contribution in [2.45, 2.75) is 51.3 Å². The van der Waals surface area contributed by atoms with Crippen molar-refractivity contribution < 1.29 is 9.47 Å². The van der Waals surface area contributed by atoms with Gasteiger partial charge in [-0.15, -0.1) is 0 Å². The summed E-state index contributed by atoms with van der Waals surface area (Å²) in [7, 11) is 0. The van der Waals surface area contributed by atoms with E-state index in [1.165, 1.54) is 31.5 Å². The Kier molecular flexibility index (Phi) is 6.04. The zero-order valence-corrected chi connectivity index (χ0v) is 16.6. The van der Waals surface area contributed by atoms with Crippen molar-refractivity contribution in [3.05, 3.63) is 28.8 Å². The molecular formula is C21H31ClN2O2. The molecule has 0 aromatic heterocycles. The minimum absolute atomic E-state index is 0.349. The van der Waals surface area contributed by atoms with Crippen LogP contribution in [0.3, 0.4) is 0 Å². The molecule has 0 amide bonds. The van der Waals surface area contributed by atoms with Gasteiger partial charge < -0.3 is 9.47 Å². The van der Waals surface area contributed by atoms with Gasteiger partial charge in [0.2, 0.25) is 0 Å². The number of hydrogen-bond donors (Lipinski definition) is 0. The van der Waals surface area contributed by atoms with E-state index in [4.69, 9.17) is 21.1 Å². The lowest BCUT2D eigenvalue weighted by Crippen LogP contribution is -2.45. The van der Waals surface area contributed by atoms with Gasteiger partial charge in [0.1, 0.15) is 5.75 Å². The van der Waals surface area contributed by atoms with Crippen LogP contribution in [0.2, 0.25) is 5.02 Å². The number of hydrogen-bond acceptors (Lipinski definition) is 4. The normalized spacial score (nSPS) is 30.3.